The number of nitrogens with one attached hydrogen (secondary N) is 1. The summed E-state index contributed by atoms with van der Waals surface area (Å²) in [7, 11) is -1.54. The van der Waals surface area contributed by atoms with Gasteiger partial charge < -0.3 is 5.32 Å². The first kappa shape index (κ1) is 21.7. The van der Waals surface area contributed by atoms with Gasteiger partial charge in [0.2, 0.25) is 10.0 Å². The largest absolute Gasteiger partial charge is 0.320 e. The van der Waals surface area contributed by atoms with E-state index < -0.39 is 10.0 Å². The van der Waals surface area contributed by atoms with Crippen molar-refractivity contribution >= 4 is 34.0 Å². The first-order valence-electron chi connectivity index (χ1n) is 8.42. The third kappa shape index (κ3) is 5.33. The molecule has 7 heteroatoms. The van der Waals surface area contributed by atoms with Crippen LogP contribution < -0.4 is 5.32 Å². The third-order valence-corrected chi connectivity index (χ3v) is 6.91. The van der Waals surface area contributed by atoms with Gasteiger partial charge in [0.25, 0.3) is 0 Å². The van der Waals surface area contributed by atoms with E-state index >= 15 is 0 Å². The molecular formula is C17H28Cl2N2O2S. The lowest BCUT2D eigenvalue weighted by Gasteiger charge is -2.31. The van der Waals surface area contributed by atoms with Crippen LogP contribution in [0.1, 0.15) is 38.2 Å². The van der Waals surface area contributed by atoms with Crippen molar-refractivity contribution in [3.05, 3.63) is 28.8 Å². The predicted molar refractivity (Wildman–Crippen MR) is 103 cm³/mol. The number of rotatable bonds is 7. The minimum absolute atomic E-state index is 0. The molecule has 4 nitrogen and oxygen atoms in total. The number of hydrogen-bond donors (Lipinski definition) is 1. The van der Waals surface area contributed by atoms with E-state index in [0.29, 0.717) is 24.0 Å². The van der Waals surface area contributed by atoms with Crippen molar-refractivity contribution < 1.29 is 8.42 Å². The van der Waals surface area contributed by atoms with Crippen LogP contribution in [0.2, 0.25) is 5.02 Å². The van der Waals surface area contributed by atoms with Gasteiger partial charge in [-0.2, -0.15) is 4.31 Å². The maximum Gasteiger partial charge on any atom is 0.244 e. The van der Waals surface area contributed by atoms with Crippen molar-refractivity contribution in [1.29, 1.82) is 0 Å². The van der Waals surface area contributed by atoms with Crippen LogP contribution in [0.25, 0.3) is 0 Å². The normalized spacial score (nSPS) is 16.8. The van der Waals surface area contributed by atoms with Gasteiger partial charge in [0, 0.05) is 13.1 Å². The highest BCUT2D eigenvalue weighted by atomic mass is 35.5. The Morgan fingerprint density at radius 2 is 1.96 bits per heavy atom. The molecule has 138 valence electrons. The quantitative estimate of drug-likeness (QED) is 0.766. The van der Waals surface area contributed by atoms with Gasteiger partial charge in [0.1, 0.15) is 4.90 Å². The molecule has 1 aliphatic rings. The Balaban J connectivity index is 0.00000288. The Labute approximate surface area is 157 Å². The summed E-state index contributed by atoms with van der Waals surface area (Å²) < 4.78 is 27.4. The summed E-state index contributed by atoms with van der Waals surface area (Å²) >= 11 is 6.18. The molecule has 2 rings (SSSR count). The van der Waals surface area contributed by atoms with Gasteiger partial charge in [0.05, 0.1) is 5.02 Å². The van der Waals surface area contributed by atoms with E-state index in [4.69, 9.17) is 11.6 Å². The van der Waals surface area contributed by atoms with E-state index in [-0.39, 0.29) is 17.3 Å². The molecule has 0 bridgehead atoms. The second-order valence-corrected chi connectivity index (χ2v) is 8.57. The summed E-state index contributed by atoms with van der Waals surface area (Å²) in [6.45, 7) is 4.25. The number of halogens is 2. The van der Waals surface area contributed by atoms with Gasteiger partial charge in [0.15, 0.2) is 0 Å². The molecule has 24 heavy (non-hydrogen) atoms. The summed E-state index contributed by atoms with van der Waals surface area (Å²) in [5, 5.41) is 3.48. The van der Waals surface area contributed by atoms with Crippen LogP contribution in [-0.2, 0) is 16.4 Å². The molecule has 1 aromatic carbocycles. The van der Waals surface area contributed by atoms with Crippen molar-refractivity contribution in [3.8, 4) is 0 Å². The molecule has 0 amide bonds. The van der Waals surface area contributed by atoms with Gasteiger partial charge in [-0.05, 0) is 62.9 Å². The molecule has 1 aliphatic heterocycles. The van der Waals surface area contributed by atoms with E-state index in [1.807, 2.05) is 13.1 Å². The van der Waals surface area contributed by atoms with Crippen LogP contribution in [0.4, 0.5) is 0 Å². The fourth-order valence-corrected chi connectivity index (χ4v) is 5.11. The lowest BCUT2D eigenvalue weighted by molar-refractivity contribution is 0.263. The first-order chi connectivity index (χ1) is 11.0. The van der Waals surface area contributed by atoms with Crippen molar-refractivity contribution in [3.63, 3.8) is 0 Å². The van der Waals surface area contributed by atoms with Crippen LogP contribution in [0.5, 0.6) is 0 Å². The molecule has 0 spiro atoms. The highest BCUT2D eigenvalue weighted by molar-refractivity contribution is 7.89. The highest BCUT2D eigenvalue weighted by Gasteiger charge is 2.30. The maximum absolute atomic E-state index is 12.9. The van der Waals surface area contributed by atoms with Gasteiger partial charge >= 0.3 is 0 Å². The zero-order valence-corrected chi connectivity index (χ0v) is 16.8. The second kappa shape index (κ2) is 9.97. The standard InChI is InChI=1S/C17H27ClN2O2S.ClH/c1-3-4-15-5-6-16(18)17(13-15)23(21,22)20-11-8-14(9-12-20)7-10-19-2;/h5-6,13-14,19H,3-4,7-12H2,1-2H3;1H. The Hall–Kier alpha value is -0.330. The van der Waals surface area contributed by atoms with Crippen molar-refractivity contribution in [1.82, 2.24) is 9.62 Å². The van der Waals surface area contributed by atoms with Crippen LogP contribution in [-0.4, -0.2) is 39.4 Å². The van der Waals surface area contributed by atoms with E-state index in [9.17, 15) is 8.42 Å². The Kier molecular flexibility index (Phi) is 9.02. The Bertz CT molecular complexity index is 615. The maximum atomic E-state index is 12.9. The zero-order valence-electron chi connectivity index (χ0n) is 14.4. The molecule has 0 saturated carbocycles. The molecule has 0 unspecified atom stereocenters. The topological polar surface area (TPSA) is 49.4 Å². The predicted octanol–water partition coefficient (Wildman–Crippen LogP) is 3.72. The molecule has 1 heterocycles. The fourth-order valence-electron chi connectivity index (χ4n) is 3.12. The molecule has 0 atom stereocenters. The minimum Gasteiger partial charge on any atom is -0.320 e. The summed E-state index contributed by atoms with van der Waals surface area (Å²) in [5.74, 6) is 0.607. The SMILES string of the molecule is CCCc1ccc(Cl)c(S(=O)(=O)N2CCC(CCNC)CC2)c1.Cl. The third-order valence-electron chi connectivity index (χ3n) is 4.53. The molecule has 0 aliphatic carbocycles. The average Bonchev–Trinajstić information content (AvgIpc) is 2.55. The number of aryl methyl sites for hydroxylation is 1. The number of sulfonamides is 1. The van der Waals surface area contributed by atoms with Crippen molar-refractivity contribution in [2.45, 2.75) is 43.9 Å². The van der Waals surface area contributed by atoms with E-state index in [2.05, 4.69) is 12.2 Å². The Morgan fingerprint density at radius 3 is 2.54 bits per heavy atom. The Morgan fingerprint density at radius 1 is 1.29 bits per heavy atom. The molecule has 1 N–H and O–H groups in total. The van der Waals surface area contributed by atoms with E-state index in [1.165, 1.54) is 0 Å². The van der Waals surface area contributed by atoms with Gasteiger partial charge in [-0.3, -0.25) is 0 Å². The summed E-state index contributed by atoms with van der Waals surface area (Å²) in [6, 6.07) is 5.36. The first-order valence-corrected chi connectivity index (χ1v) is 10.2. The highest BCUT2D eigenvalue weighted by Crippen LogP contribution is 2.30. The van der Waals surface area contributed by atoms with Crippen LogP contribution in [0, 0.1) is 5.92 Å². The number of benzene rings is 1. The number of hydrogen-bond acceptors (Lipinski definition) is 3. The number of piperidine rings is 1. The smallest absolute Gasteiger partial charge is 0.244 e. The molecular weight excluding hydrogens is 367 g/mol. The van der Waals surface area contributed by atoms with Gasteiger partial charge in [-0.15, -0.1) is 12.4 Å². The zero-order chi connectivity index (χ0) is 16.9. The fraction of sp³-hybridized carbons (Fsp3) is 0.647. The van der Waals surface area contributed by atoms with Crippen LogP contribution in [0.15, 0.2) is 23.1 Å². The lowest BCUT2D eigenvalue weighted by atomic mass is 9.95. The van der Waals surface area contributed by atoms with Crippen molar-refractivity contribution in [2.24, 2.45) is 5.92 Å². The minimum atomic E-state index is -3.49. The van der Waals surface area contributed by atoms with Gasteiger partial charge in [-0.25, -0.2) is 8.42 Å². The molecule has 1 fully saturated rings. The average molecular weight is 395 g/mol. The van der Waals surface area contributed by atoms with Crippen molar-refractivity contribution in [2.75, 3.05) is 26.7 Å². The lowest BCUT2D eigenvalue weighted by Crippen LogP contribution is -2.39. The monoisotopic (exact) mass is 394 g/mol. The summed E-state index contributed by atoms with van der Waals surface area (Å²) in [4.78, 5) is 0.263. The molecule has 0 radical (unpaired) electrons. The molecule has 1 aromatic rings. The molecule has 1 saturated heterocycles. The number of nitrogens with zero attached hydrogens (tertiary/aromatic N) is 1. The second-order valence-electron chi connectivity index (χ2n) is 6.25. The van der Waals surface area contributed by atoms with Crippen LogP contribution >= 0.6 is 24.0 Å². The van der Waals surface area contributed by atoms with Gasteiger partial charge in [-0.1, -0.05) is 31.0 Å². The summed E-state index contributed by atoms with van der Waals surface area (Å²) in [5.41, 5.74) is 1.03. The van der Waals surface area contributed by atoms with E-state index in [1.54, 1.807) is 16.4 Å². The van der Waals surface area contributed by atoms with Crippen LogP contribution in [0.3, 0.4) is 0 Å². The molecule has 0 aromatic heterocycles. The summed E-state index contributed by atoms with van der Waals surface area (Å²) in [6.07, 6.45) is 4.81. The van der Waals surface area contributed by atoms with E-state index in [0.717, 1.165) is 44.2 Å².